The van der Waals surface area contributed by atoms with E-state index < -0.39 is 55.3 Å². The zero-order chi connectivity index (χ0) is 16.4. The Balaban J connectivity index is 2.08. The third kappa shape index (κ3) is 3.34. The van der Waals surface area contributed by atoms with Gasteiger partial charge in [-0.1, -0.05) is 13.0 Å². The first-order valence-electron chi connectivity index (χ1n) is 7.50. The maximum atomic E-state index is 10.1. The number of nitrogens with one attached hydrogen (secondary N) is 1. The first-order chi connectivity index (χ1) is 10.4. The molecule has 0 aromatic heterocycles. The molecule has 1 heterocycles. The summed E-state index contributed by atoms with van der Waals surface area (Å²) in [7, 11) is 0. The molecule has 1 aliphatic heterocycles. The summed E-state index contributed by atoms with van der Waals surface area (Å²) in [5, 5.41) is 61.7. The van der Waals surface area contributed by atoms with Crippen LogP contribution in [0, 0.1) is 0 Å². The van der Waals surface area contributed by atoms with E-state index in [1.807, 2.05) is 6.92 Å². The van der Waals surface area contributed by atoms with Crippen molar-refractivity contribution in [2.75, 3.05) is 13.2 Å². The molecule has 8 heteroatoms. The molecule has 22 heavy (non-hydrogen) atoms. The third-order valence-corrected chi connectivity index (χ3v) is 4.44. The van der Waals surface area contributed by atoms with Gasteiger partial charge in [-0.15, -0.1) is 0 Å². The van der Waals surface area contributed by atoms with Gasteiger partial charge in [-0.3, -0.25) is 0 Å². The second-order valence-electron chi connectivity index (χ2n) is 5.89. The zero-order valence-electron chi connectivity index (χ0n) is 12.4. The first-order valence-corrected chi connectivity index (χ1v) is 7.50. The van der Waals surface area contributed by atoms with Crippen LogP contribution in [0.15, 0.2) is 11.6 Å². The molecular formula is C14H25NO7. The lowest BCUT2D eigenvalue weighted by atomic mass is 9.87. The number of aliphatic hydroxyl groups is 6. The van der Waals surface area contributed by atoms with Gasteiger partial charge in [0.2, 0.25) is 0 Å². The summed E-state index contributed by atoms with van der Waals surface area (Å²) in [5.41, 5.74) is 0.188. The Morgan fingerprint density at radius 1 is 1.09 bits per heavy atom. The summed E-state index contributed by atoms with van der Waals surface area (Å²) < 4.78 is 5.46. The van der Waals surface area contributed by atoms with E-state index in [0.29, 0.717) is 6.42 Å². The molecule has 0 aromatic rings. The Labute approximate surface area is 128 Å². The summed E-state index contributed by atoms with van der Waals surface area (Å²) in [5.74, 6) is 0. The van der Waals surface area contributed by atoms with Crippen molar-refractivity contribution < 1.29 is 35.4 Å². The molecule has 0 spiro atoms. The Kier molecular flexibility index (Phi) is 5.92. The average molecular weight is 319 g/mol. The molecule has 7 N–H and O–H groups in total. The van der Waals surface area contributed by atoms with E-state index in [4.69, 9.17) is 4.74 Å². The summed E-state index contributed by atoms with van der Waals surface area (Å²) in [6.07, 6.45) is -4.67. The molecule has 1 saturated heterocycles. The summed E-state index contributed by atoms with van der Waals surface area (Å²) in [4.78, 5) is 0. The van der Waals surface area contributed by atoms with Gasteiger partial charge in [0.15, 0.2) is 0 Å². The maximum Gasteiger partial charge on any atom is 0.111 e. The largest absolute Gasteiger partial charge is 0.392 e. The summed E-state index contributed by atoms with van der Waals surface area (Å²) in [6, 6.07) is -1.43. The number of rotatable bonds is 4. The van der Waals surface area contributed by atoms with E-state index in [2.05, 4.69) is 5.32 Å². The smallest absolute Gasteiger partial charge is 0.111 e. The fourth-order valence-corrected chi connectivity index (χ4v) is 2.97. The topological polar surface area (TPSA) is 143 Å². The number of hydrogen-bond acceptors (Lipinski definition) is 8. The number of aliphatic hydroxyl groups excluding tert-OH is 6. The predicted molar refractivity (Wildman–Crippen MR) is 75.9 cm³/mol. The highest BCUT2D eigenvalue weighted by atomic mass is 16.5. The lowest BCUT2D eigenvalue weighted by Gasteiger charge is -2.41. The van der Waals surface area contributed by atoms with Crippen LogP contribution < -0.4 is 5.32 Å². The van der Waals surface area contributed by atoms with Crippen molar-refractivity contribution in [1.29, 1.82) is 0 Å². The third-order valence-electron chi connectivity index (χ3n) is 4.44. The van der Waals surface area contributed by atoms with Crippen LogP contribution in [0.5, 0.6) is 0 Å². The maximum absolute atomic E-state index is 10.1. The molecule has 1 fully saturated rings. The van der Waals surface area contributed by atoms with Gasteiger partial charge in [0, 0.05) is 0 Å². The van der Waals surface area contributed by atoms with Gasteiger partial charge >= 0.3 is 0 Å². The fourth-order valence-electron chi connectivity index (χ4n) is 2.97. The molecule has 8 atom stereocenters. The molecule has 0 bridgehead atoms. The first kappa shape index (κ1) is 17.8. The van der Waals surface area contributed by atoms with Crippen molar-refractivity contribution >= 4 is 0 Å². The minimum absolute atomic E-state index is 0.140. The van der Waals surface area contributed by atoms with E-state index in [1.165, 1.54) is 6.08 Å². The molecule has 2 aliphatic rings. The molecule has 0 amide bonds. The summed E-state index contributed by atoms with van der Waals surface area (Å²) in [6.45, 7) is 1.53. The average Bonchev–Trinajstić information content (AvgIpc) is 2.52. The van der Waals surface area contributed by atoms with Crippen LogP contribution in [-0.4, -0.2) is 92.6 Å². The lowest BCUT2D eigenvalue weighted by Crippen LogP contribution is -2.63. The van der Waals surface area contributed by atoms with Crippen molar-refractivity contribution in [2.24, 2.45) is 0 Å². The fraction of sp³-hybridized carbons (Fsp3) is 0.857. The highest BCUT2D eigenvalue weighted by molar-refractivity contribution is 5.22. The van der Waals surface area contributed by atoms with Crippen LogP contribution in [-0.2, 0) is 4.74 Å². The van der Waals surface area contributed by atoms with Gasteiger partial charge in [-0.25, -0.2) is 0 Å². The van der Waals surface area contributed by atoms with Crippen LogP contribution in [0.1, 0.15) is 13.3 Å². The van der Waals surface area contributed by atoms with Crippen LogP contribution in [0.4, 0.5) is 0 Å². The van der Waals surface area contributed by atoms with E-state index in [0.717, 1.165) is 0 Å². The van der Waals surface area contributed by atoms with Crippen LogP contribution in [0.2, 0.25) is 0 Å². The second kappa shape index (κ2) is 7.33. The Morgan fingerprint density at radius 2 is 1.77 bits per heavy atom. The van der Waals surface area contributed by atoms with Crippen LogP contribution in [0.3, 0.4) is 0 Å². The molecule has 128 valence electrons. The normalized spacial score (nSPS) is 46.4. The van der Waals surface area contributed by atoms with E-state index in [-0.39, 0.29) is 12.2 Å². The Bertz CT molecular complexity index is 405. The van der Waals surface area contributed by atoms with Crippen molar-refractivity contribution in [2.45, 2.75) is 62.1 Å². The molecule has 2 rings (SSSR count). The molecule has 0 saturated carbocycles. The molecule has 8 unspecified atom stereocenters. The number of ether oxygens (including phenoxy) is 1. The Hall–Kier alpha value is -0.580. The lowest BCUT2D eigenvalue weighted by molar-refractivity contribution is -0.154. The van der Waals surface area contributed by atoms with Crippen LogP contribution >= 0.6 is 0 Å². The molecule has 1 aliphatic carbocycles. The highest BCUT2D eigenvalue weighted by Crippen LogP contribution is 2.23. The SMILES string of the molecule is CCC1OCC(NC2C=C(CO)C(O)C(O)C2O)C(O)C1O. The molecule has 0 radical (unpaired) electrons. The summed E-state index contributed by atoms with van der Waals surface area (Å²) >= 11 is 0. The van der Waals surface area contributed by atoms with Crippen LogP contribution in [0.25, 0.3) is 0 Å². The number of hydrogen-bond donors (Lipinski definition) is 7. The van der Waals surface area contributed by atoms with Gasteiger partial charge < -0.3 is 40.7 Å². The van der Waals surface area contributed by atoms with Crippen molar-refractivity contribution in [3.8, 4) is 0 Å². The highest BCUT2D eigenvalue weighted by Gasteiger charge is 2.42. The van der Waals surface area contributed by atoms with Gasteiger partial charge in [-0.2, -0.15) is 0 Å². The van der Waals surface area contributed by atoms with Gasteiger partial charge in [0.25, 0.3) is 0 Å². The quantitative estimate of drug-likeness (QED) is 0.269. The predicted octanol–water partition coefficient (Wildman–Crippen LogP) is -3.14. The minimum atomic E-state index is -1.44. The van der Waals surface area contributed by atoms with E-state index in [1.54, 1.807) is 0 Å². The van der Waals surface area contributed by atoms with Gasteiger partial charge in [0.1, 0.15) is 24.4 Å². The van der Waals surface area contributed by atoms with E-state index >= 15 is 0 Å². The van der Waals surface area contributed by atoms with Gasteiger partial charge in [-0.05, 0) is 12.0 Å². The second-order valence-corrected chi connectivity index (χ2v) is 5.89. The Morgan fingerprint density at radius 3 is 2.36 bits per heavy atom. The minimum Gasteiger partial charge on any atom is -0.392 e. The molecular weight excluding hydrogens is 294 g/mol. The van der Waals surface area contributed by atoms with Crippen molar-refractivity contribution in [1.82, 2.24) is 5.32 Å². The van der Waals surface area contributed by atoms with Gasteiger partial charge in [0.05, 0.1) is 37.5 Å². The standard InChI is InChI=1S/C14H25NO7/c1-2-9-13(20)12(19)8(5-22-9)15-7-3-6(4-16)10(17)14(21)11(7)18/h3,7-21H,2,4-5H2,1H3. The molecule has 8 nitrogen and oxygen atoms in total. The monoisotopic (exact) mass is 319 g/mol. The zero-order valence-corrected chi connectivity index (χ0v) is 12.4. The molecule has 0 aromatic carbocycles. The van der Waals surface area contributed by atoms with Crippen molar-refractivity contribution in [3.05, 3.63) is 11.6 Å². The van der Waals surface area contributed by atoms with E-state index in [9.17, 15) is 30.6 Å². The van der Waals surface area contributed by atoms with Crippen molar-refractivity contribution in [3.63, 3.8) is 0 Å².